The van der Waals surface area contributed by atoms with Gasteiger partial charge in [-0.15, -0.1) is 0 Å². The molecule has 0 spiro atoms. The standard InChI is InChI=1S/C23H28F3N3O2/c1-21(2)10-15-11-22(3,12-21)13-29(15)20-27-16(9-19(28-20)23(24,25)26)14-6-7-17(30-4)18(8-14)31-5/h6-9,15H,10-13H2,1-5H3/t15-,22+/m1/s1. The van der Waals surface area contributed by atoms with Gasteiger partial charge in [0.25, 0.3) is 0 Å². The van der Waals surface area contributed by atoms with E-state index in [1.54, 1.807) is 18.2 Å². The lowest BCUT2D eigenvalue weighted by molar-refractivity contribution is -0.141. The minimum Gasteiger partial charge on any atom is -0.493 e. The van der Waals surface area contributed by atoms with Crippen molar-refractivity contribution in [1.82, 2.24) is 9.97 Å². The van der Waals surface area contributed by atoms with Gasteiger partial charge < -0.3 is 14.4 Å². The summed E-state index contributed by atoms with van der Waals surface area (Å²) in [6.45, 7) is 7.32. The van der Waals surface area contributed by atoms with Crippen molar-refractivity contribution >= 4 is 5.95 Å². The molecule has 1 saturated heterocycles. The molecule has 4 rings (SSSR count). The summed E-state index contributed by atoms with van der Waals surface area (Å²) in [5.74, 6) is 1.08. The molecule has 5 nitrogen and oxygen atoms in total. The highest BCUT2D eigenvalue weighted by molar-refractivity contribution is 5.65. The molecule has 31 heavy (non-hydrogen) atoms. The molecule has 1 aromatic heterocycles. The first kappa shape index (κ1) is 21.7. The average molecular weight is 435 g/mol. The van der Waals surface area contributed by atoms with Crippen LogP contribution in [0.2, 0.25) is 0 Å². The Morgan fingerprint density at radius 3 is 2.35 bits per heavy atom. The quantitative estimate of drug-likeness (QED) is 0.627. The third-order valence-corrected chi connectivity index (χ3v) is 6.36. The Bertz CT molecular complexity index is 993. The minimum absolute atomic E-state index is 0.0491. The van der Waals surface area contributed by atoms with Crippen molar-refractivity contribution in [3.63, 3.8) is 0 Å². The number of fused-ring (bicyclic) bond motifs is 2. The van der Waals surface area contributed by atoms with E-state index in [4.69, 9.17) is 9.47 Å². The average Bonchev–Trinajstić information content (AvgIpc) is 2.95. The van der Waals surface area contributed by atoms with Gasteiger partial charge in [0.15, 0.2) is 17.2 Å². The lowest BCUT2D eigenvalue weighted by Gasteiger charge is -2.39. The molecule has 1 aliphatic carbocycles. The second-order valence-electron chi connectivity index (χ2n) is 9.85. The molecule has 2 fully saturated rings. The van der Waals surface area contributed by atoms with Gasteiger partial charge in [0.2, 0.25) is 5.95 Å². The molecule has 0 N–H and O–H groups in total. The van der Waals surface area contributed by atoms with Crippen LogP contribution in [0.4, 0.5) is 19.1 Å². The second kappa shape index (κ2) is 7.28. The van der Waals surface area contributed by atoms with Crippen LogP contribution in [0, 0.1) is 10.8 Å². The summed E-state index contributed by atoms with van der Waals surface area (Å²) in [5, 5.41) is 0. The highest BCUT2D eigenvalue weighted by atomic mass is 19.4. The molecule has 168 valence electrons. The van der Waals surface area contributed by atoms with Crippen LogP contribution in [-0.4, -0.2) is 36.8 Å². The third kappa shape index (κ3) is 4.16. The van der Waals surface area contributed by atoms with E-state index < -0.39 is 11.9 Å². The molecule has 2 aromatic rings. The molecular formula is C23H28F3N3O2. The largest absolute Gasteiger partial charge is 0.493 e. The van der Waals surface area contributed by atoms with Gasteiger partial charge in [-0.05, 0) is 54.4 Å². The van der Waals surface area contributed by atoms with Gasteiger partial charge in [0.1, 0.15) is 0 Å². The Labute approximate surface area is 180 Å². The van der Waals surface area contributed by atoms with Crippen molar-refractivity contribution in [2.45, 2.75) is 52.3 Å². The van der Waals surface area contributed by atoms with E-state index in [1.807, 2.05) is 4.90 Å². The number of anilines is 1. The van der Waals surface area contributed by atoms with Crippen LogP contribution >= 0.6 is 0 Å². The molecule has 0 unspecified atom stereocenters. The first-order valence-electron chi connectivity index (χ1n) is 10.4. The Morgan fingerprint density at radius 2 is 1.71 bits per heavy atom. The maximum absolute atomic E-state index is 13.7. The number of ether oxygens (including phenoxy) is 2. The molecule has 8 heteroatoms. The first-order chi connectivity index (χ1) is 14.4. The minimum atomic E-state index is -4.57. The van der Waals surface area contributed by atoms with Crippen LogP contribution in [0.15, 0.2) is 24.3 Å². The number of aromatic nitrogens is 2. The van der Waals surface area contributed by atoms with Gasteiger partial charge in [0, 0.05) is 18.2 Å². The van der Waals surface area contributed by atoms with E-state index in [2.05, 4.69) is 30.7 Å². The van der Waals surface area contributed by atoms with Gasteiger partial charge in [-0.1, -0.05) is 20.8 Å². The first-order valence-corrected chi connectivity index (χ1v) is 10.4. The highest BCUT2D eigenvalue weighted by Gasteiger charge is 2.50. The van der Waals surface area contributed by atoms with Crippen molar-refractivity contribution < 1.29 is 22.6 Å². The van der Waals surface area contributed by atoms with Gasteiger partial charge in [-0.3, -0.25) is 0 Å². The summed E-state index contributed by atoms with van der Waals surface area (Å²) < 4.78 is 51.7. The van der Waals surface area contributed by atoms with Crippen molar-refractivity contribution in [2.24, 2.45) is 10.8 Å². The van der Waals surface area contributed by atoms with Crippen LogP contribution in [-0.2, 0) is 6.18 Å². The molecular weight excluding hydrogens is 407 g/mol. The number of hydrogen-bond acceptors (Lipinski definition) is 5. The van der Waals surface area contributed by atoms with Crippen LogP contribution in [0.5, 0.6) is 11.5 Å². The lowest BCUT2D eigenvalue weighted by atomic mass is 9.65. The fraction of sp³-hybridized carbons (Fsp3) is 0.565. The number of benzene rings is 1. The van der Waals surface area contributed by atoms with E-state index in [1.165, 1.54) is 14.2 Å². The smallest absolute Gasteiger partial charge is 0.433 e. The third-order valence-electron chi connectivity index (χ3n) is 6.36. The highest BCUT2D eigenvalue weighted by Crippen LogP contribution is 2.53. The molecule has 2 bridgehead atoms. The van der Waals surface area contributed by atoms with Crippen molar-refractivity contribution in [3.05, 3.63) is 30.0 Å². The summed E-state index contributed by atoms with van der Waals surface area (Å²) in [6, 6.07) is 6.11. The molecule has 1 aromatic carbocycles. The van der Waals surface area contributed by atoms with Gasteiger partial charge >= 0.3 is 6.18 Å². The van der Waals surface area contributed by atoms with Gasteiger partial charge in [-0.2, -0.15) is 13.2 Å². The Kier molecular flexibility index (Phi) is 5.10. The fourth-order valence-corrected chi connectivity index (χ4v) is 5.55. The predicted molar refractivity (Wildman–Crippen MR) is 112 cm³/mol. The zero-order valence-electron chi connectivity index (χ0n) is 18.5. The van der Waals surface area contributed by atoms with Crippen LogP contribution in [0.3, 0.4) is 0 Å². The van der Waals surface area contributed by atoms with Gasteiger partial charge in [-0.25, -0.2) is 9.97 Å². The molecule has 0 amide bonds. The summed E-state index contributed by atoms with van der Waals surface area (Å²) in [7, 11) is 3.00. The van der Waals surface area contributed by atoms with Crippen molar-refractivity contribution in [3.8, 4) is 22.8 Å². The number of hydrogen-bond donors (Lipinski definition) is 0. The number of rotatable bonds is 4. The topological polar surface area (TPSA) is 47.5 Å². The zero-order valence-corrected chi connectivity index (χ0v) is 18.5. The van der Waals surface area contributed by atoms with Crippen LogP contribution in [0.25, 0.3) is 11.3 Å². The number of alkyl halides is 3. The molecule has 2 atom stereocenters. The number of methoxy groups -OCH3 is 2. The predicted octanol–water partition coefficient (Wildman–Crippen LogP) is 5.58. The molecule has 2 heterocycles. The zero-order chi connectivity index (χ0) is 22.6. The fourth-order valence-electron chi connectivity index (χ4n) is 5.55. The Hall–Kier alpha value is -2.51. The Balaban J connectivity index is 1.80. The van der Waals surface area contributed by atoms with Crippen LogP contribution < -0.4 is 14.4 Å². The molecule has 1 saturated carbocycles. The molecule has 1 aliphatic heterocycles. The van der Waals surface area contributed by atoms with E-state index >= 15 is 0 Å². The number of halogens is 3. The van der Waals surface area contributed by atoms with Crippen molar-refractivity contribution in [1.29, 1.82) is 0 Å². The lowest BCUT2D eigenvalue weighted by Crippen LogP contribution is -2.35. The monoisotopic (exact) mass is 435 g/mol. The van der Waals surface area contributed by atoms with E-state index in [0.29, 0.717) is 23.6 Å². The van der Waals surface area contributed by atoms with Crippen molar-refractivity contribution in [2.75, 3.05) is 25.7 Å². The summed E-state index contributed by atoms with van der Waals surface area (Å²) in [4.78, 5) is 10.5. The van der Waals surface area contributed by atoms with E-state index in [0.717, 1.165) is 25.3 Å². The normalized spacial score (nSPS) is 24.9. The van der Waals surface area contributed by atoms with E-state index in [9.17, 15) is 13.2 Å². The molecule has 2 aliphatic rings. The number of nitrogens with zero attached hydrogens (tertiary/aromatic N) is 3. The Morgan fingerprint density at radius 1 is 1.00 bits per heavy atom. The summed E-state index contributed by atoms with van der Waals surface area (Å²) in [5.41, 5.74) is -0.0221. The van der Waals surface area contributed by atoms with Gasteiger partial charge in [0.05, 0.1) is 19.9 Å². The maximum atomic E-state index is 13.7. The van der Waals surface area contributed by atoms with Crippen LogP contribution in [0.1, 0.15) is 45.7 Å². The summed E-state index contributed by atoms with van der Waals surface area (Å²) >= 11 is 0. The second-order valence-corrected chi connectivity index (χ2v) is 9.85. The maximum Gasteiger partial charge on any atom is 0.433 e. The SMILES string of the molecule is COc1ccc(-c2cc(C(F)(F)F)nc(N3C[C@@]4(C)C[C@H]3CC(C)(C)C4)n2)cc1OC. The summed E-state index contributed by atoms with van der Waals surface area (Å²) in [6.07, 6.45) is -1.68. The van der Waals surface area contributed by atoms with E-state index in [-0.39, 0.29) is 28.5 Å². The molecule has 0 radical (unpaired) electrons.